The van der Waals surface area contributed by atoms with E-state index in [1.807, 2.05) is 37.3 Å². The van der Waals surface area contributed by atoms with Crippen LogP contribution in [0.25, 0.3) is 0 Å². The molecule has 1 fully saturated rings. The van der Waals surface area contributed by atoms with E-state index in [-0.39, 0.29) is 12.5 Å². The normalized spacial score (nSPS) is 21.3. The van der Waals surface area contributed by atoms with E-state index in [0.717, 1.165) is 5.56 Å². The number of carbonyl (C=O) groups is 2. The number of amides is 3. The van der Waals surface area contributed by atoms with E-state index in [1.165, 1.54) is 4.90 Å². The second kappa shape index (κ2) is 5.29. The average molecular weight is 299 g/mol. The van der Waals surface area contributed by atoms with Gasteiger partial charge in [0, 0.05) is 6.07 Å². The van der Waals surface area contributed by atoms with Gasteiger partial charge in [0.2, 0.25) is 0 Å². The van der Waals surface area contributed by atoms with Crippen LogP contribution in [-0.2, 0) is 16.9 Å². The van der Waals surface area contributed by atoms with Gasteiger partial charge in [-0.2, -0.15) is 0 Å². The van der Waals surface area contributed by atoms with Gasteiger partial charge in [0.15, 0.2) is 0 Å². The van der Waals surface area contributed by atoms with Crippen molar-refractivity contribution < 1.29 is 14.1 Å². The lowest BCUT2D eigenvalue weighted by Crippen LogP contribution is -2.43. The molecule has 1 saturated heterocycles. The molecule has 3 rings (SSSR count). The number of hydrogen-bond donors (Lipinski definition) is 1. The first kappa shape index (κ1) is 14.3. The van der Waals surface area contributed by atoms with Gasteiger partial charge in [0.05, 0.1) is 6.54 Å². The fraction of sp³-hybridized carbons (Fsp3) is 0.312. The molecule has 1 atom stereocenters. The zero-order valence-corrected chi connectivity index (χ0v) is 12.5. The number of hydrogen-bond acceptors (Lipinski definition) is 4. The number of nitrogens with one attached hydrogen (secondary N) is 1. The molecule has 6 heteroatoms. The first-order chi connectivity index (χ1) is 10.6. The Hall–Kier alpha value is -2.63. The fourth-order valence-electron chi connectivity index (χ4n) is 2.79. The molecule has 1 aliphatic rings. The van der Waals surface area contributed by atoms with Crippen molar-refractivity contribution in [2.75, 3.05) is 0 Å². The molecular formula is C16H17N3O3. The van der Waals surface area contributed by atoms with E-state index in [0.29, 0.717) is 17.9 Å². The zero-order chi connectivity index (χ0) is 15.7. The third kappa shape index (κ3) is 2.16. The summed E-state index contributed by atoms with van der Waals surface area (Å²) in [5.74, 6) is 0.388. The van der Waals surface area contributed by atoms with Crippen molar-refractivity contribution >= 4 is 11.9 Å². The number of urea groups is 1. The van der Waals surface area contributed by atoms with Crippen LogP contribution in [0.3, 0.4) is 0 Å². The Morgan fingerprint density at radius 1 is 1.27 bits per heavy atom. The maximum Gasteiger partial charge on any atom is 0.325 e. The molecule has 0 saturated carbocycles. The third-order valence-electron chi connectivity index (χ3n) is 3.97. The minimum absolute atomic E-state index is 0.108. The minimum Gasteiger partial charge on any atom is -0.361 e. The molecule has 1 aromatic carbocycles. The lowest BCUT2D eigenvalue weighted by molar-refractivity contribution is -0.132. The summed E-state index contributed by atoms with van der Waals surface area (Å²) in [6.45, 7) is 3.76. The quantitative estimate of drug-likeness (QED) is 0.879. The van der Waals surface area contributed by atoms with Crippen molar-refractivity contribution in [3.63, 3.8) is 0 Å². The largest absolute Gasteiger partial charge is 0.361 e. The summed E-state index contributed by atoms with van der Waals surface area (Å²) in [7, 11) is 0. The van der Waals surface area contributed by atoms with Gasteiger partial charge in [-0.1, -0.05) is 42.4 Å². The number of nitrogens with zero attached hydrogens (tertiary/aromatic N) is 2. The molecule has 6 nitrogen and oxygen atoms in total. The Morgan fingerprint density at radius 3 is 2.59 bits per heavy atom. The number of imide groups is 1. The fourth-order valence-corrected chi connectivity index (χ4v) is 2.79. The standard InChI is InChI=1S/C16H17N3O3/c1-3-16(12-7-5-4-6-8-12)14(20)19(15(21)17-16)10-13-9-11(2)22-18-13/h4-9H,3,10H2,1-2H3,(H,17,21)/t16-/m0/s1. The van der Waals surface area contributed by atoms with Gasteiger partial charge in [0.25, 0.3) is 5.91 Å². The predicted molar refractivity (Wildman–Crippen MR) is 78.7 cm³/mol. The molecule has 0 spiro atoms. The lowest BCUT2D eigenvalue weighted by atomic mass is 9.87. The van der Waals surface area contributed by atoms with Gasteiger partial charge in [-0.25, -0.2) is 4.79 Å². The smallest absolute Gasteiger partial charge is 0.325 e. The summed E-state index contributed by atoms with van der Waals surface area (Å²) in [5, 5.41) is 6.68. The van der Waals surface area contributed by atoms with Crippen LogP contribution in [-0.4, -0.2) is 22.0 Å². The van der Waals surface area contributed by atoms with E-state index in [9.17, 15) is 9.59 Å². The maximum atomic E-state index is 12.9. The molecule has 2 aromatic rings. The second-order valence-electron chi connectivity index (χ2n) is 5.38. The molecule has 0 aliphatic carbocycles. The van der Waals surface area contributed by atoms with Crippen molar-refractivity contribution in [1.29, 1.82) is 0 Å². The summed E-state index contributed by atoms with van der Waals surface area (Å²) in [4.78, 5) is 26.3. The van der Waals surface area contributed by atoms with E-state index < -0.39 is 11.6 Å². The Labute approximate surface area is 128 Å². The van der Waals surface area contributed by atoms with Crippen LogP contribution >= 0.6 is 0 Å². The average Bonchev–Trinajstić information content (AvgIpc) is 3.05. The van der Waals surface area contributed by atoms with Crippen molar-refractivity contribution in [3.05, 3.63) is 53.4 Å². The zero-order valence-electron chi connectivity index (χ0n) is 12.5. The SMILES string of the molecule is CC[C@@]1(c2ccccc2)NC(=O)N(Cc2cc(C)on2)C1=O. The van der Waals surface area contributed by atoms with Crippen LogP contribution in [0.2, 0.25) is 0 Å². The van der Waals surface area contributed by atoms with Gasteiger partial charge in [0.1, 0.15) is 17.0 Å². The maximum absolute atomic E-state index is 12.9. The van der Waals surface area contributed by atoms with E-state index in [4.69, 9.17) is 4.52 Å². The van der Waals surface area contributed by atoms with Crippen LogP contribution in [0.4, 0.5) is 4.79 Å². The molecular weight excluding hydrogens is 282 g/mol. The number of aryl methyl sites for hydroxylation is 1. The summed E-state index contributed by atoms with van der Waals surface area (Å²) >= 11 is 0. The number of rotatable bonds is 4. The van der Waals surface area contributed by atoms with Crippen molar-refractivity contribution in [2.45, 2.75) is 32.4 Å². The molecule has 3 amide bonds. The molecule has 0 bridgehead atoms. The van der Waals surface area contributed by atoms with Crippen LogP contribution in [0, 0.1) is 6.92 Å². The highest BCUT2D eigenvalue weighted by molar-refractivity contribution is 6.07. The first-order valence-electron chi connectivity index (χ1n) is 7.18. The summed E-state index contributed by atoms with van der Waals surface area (Å²) in [6.07, 6.45) is 0.482. The van der Waals surface area contributed by atoms with E-state index >= 15 is 0 Å². The van der Waals surface area contributed by atoms with Gasteiger partial charge in [-0.15, -0.1) is 0 Å². The monoisotopic (exact) mass is 299 g/mol. The number of carbonyl (C=O) groups excluding carboxylic acids is 2. The van der Waals surface area contributed by atoms with Gasteiger partial charge < -0.3 is 9.84 Å². The first-order valence-corrected chi connectivity index (χ1v) is 7.18. The molecule has 1 aliphatic heterocycles. The van der Waals surface area contributed by atoms with Crippen molar-refractivity contribution in [2.24, 2.45) is 0 Å². The van der Waals surface area contributed by atoms with Crippen LogP contribution in [0.5, 0.6) is 0 Å². The highest BCUT2D eigenvalue weighted by Gasteiger charge is 2.51. The van der Waals surface area contributed by atoms with Crippen LogP contribution < -0.4 is 5.32 Å². The molecule has 114 valence electrons. The molecule has 0 unspecified atom stereocenters. The lowest BCUT2D eigenvalue weighted by Gasteiger charge is -2.25. The molecule has 1 aromatic heterocycles. The van der Waals surface area contributed by atoms with Crippen molar-refractivity contribution in [1.82, 2.24) is 15.4 Å². The number of aromatic nitrogens is 1. The second-order valence-corrected chi connectivity index (χ2v) is 5.38. The van der Waals surface area contributed by atoms with E-state index in [2.05, 4.69) is 10.5 Å². The van der Waals surface area contributed by atoms with Crippen LogP contribution in [0.1, 0.15) is 30.4 Å². The predicted octanol–water partition coefficient (Wildman–Crippen LogP) is 2.34. The van der Waals surface area contributed by atoms with Crippen molar-refractivity contribution in [3.8, 4) is 0 Å². The summed E-state index contributed by atoms with van der Waals surface area (Å²) in [5.41, 5.74) is 0.340. The molecule has 22 heavy (non-hydrogen) atoms. The highest BCUT2D eigenvalue weighted by atomic mass is 16.5. The Balaban J connectivity index is 1.93. The minimum atomic E-state index is -1.00. The highest BCUT2D eigenvalue weighted by Crippen LogP contribution is 2.32. The van der Waals surface area contributed by atoms with Gasteiger partial charge in [-0.3, -0.25) is 9.69 Å². The summed E-state index contributed by atoms with van der Waals surface area (Å²) < 4.78 is 4.99. The number of benzene rings is 1. The van der Waals surface area contributed by atoms with Crippen LogP contribution in [0.15, 0.2) is 40.9 Å². The Bertz CT molecular complexity index is 710. The summed E-state index contributed by atoms with van der Waals surface area (Å²) in [6, 6.07) is 10.6. The van der Waals surface area contributed by atoms with E-state index in [1.54, 1.807) is 13.0 Å². The molecule has 1 N–H and O–H groups in total. The third-order valence-corrected chi connectivity index (χ3v) is 3.97. The van der Waals surface area contributed by atoms with Gasteiger partial charge in [-0.05, 0) is 18.9 Å². The molecule has 0 radical (unpaired) electrons. The van der Waals surface area contributed by atoms with Gasteiger partial charge >= 0.3 is 6.03 Å². The Kier molecular flexibility index (Phi) is 3.44. The molecule has 2 heterocycles. The Morgan fingerprint density at radius 2 is 2.00 bits per heavy atom. The topological polar surface area (TPSA) is 75.4 Å².